The van der Waals surface area contributed by atoms with E-state index in [1.54, 1.807) is 18.6 Å². The molecule has 3 rings (SSSR count). The second-order valence-electron chi connectivity index (χ2n) is 9.96. The molecule has 1 aromatic carbocycles. The highest BCUT2D eigenvalue weighted by Crippen LogP contribution is 2.29. The van der Waals surface area contributed by atoms with Crippen molar-refractivity contribution in [3.05, 3.63) is 87.1 Å². The lowest BCUT2D eigenvalue weighted by molar-refractivity contribution is -0.138. The second-order valence-corrected chi connectivity index (χ2v) is 9.96. The first-order valence-electron chi connectivity index (χ1n) is 12.2. The summed E-state index contributed by atoms with van der Waals surface area (Å²) in [6.07, 6.45) is 5.17. The molecule has 0 radical (unpaired) electrons. The molecule has 0 aliphatic carbocycles. The lowest BCUT2D eigenvalue weighted by Crippen LogP contribution is -2.40. The fourth-order valence-electron chi connectivity index (χ4n) is 4.53. The highest BCUT2D eigenvalue weighted by atomic mass is 16.4. The van der Waals surface area contributed by atoms with Gasteiger partial charge >= 0.3 is 5.97 Å². The topological polar surface area (TPSA) is 101 Å². The Morgan fingerprint density at radius 1 is 1.00 bits per heavy atom. The van der Waals surface area contributed by atoms with Gasteiger partial charge in [0.05, 0.1) is 12.5 Å². The minimum atomic E-state index is -1.04. The standard InChI is InChI=1S/C29H35N3O4/c1-17(2)10-25(32-16-21(6)20(5)11-26(32)33)29(36)31-24(13-27(34)35)22-12-23(15-30-14-22)28-18(3)8-7-9-19(28)4/h7-9,11-12,14-17,24-25H,10,13H2,1-6H3,(H,31,36)(H,34,35). The van der Waals surface area contributed by atoms with Crippen LogP contribution in [0.3, 0.4) is 0 Å². The van der Waals surface area contributed by atoms with E-state index in [0.29, 0.717) is 12.0 Å². The quantitative estimate of drug-likeness (QED) is 0.437. The van der Waals surface area contributed by atoms with E-state index in [4.69, 9.17) is 0 Å². The molecule has 0 bridgehead atoms. The van der Waals surface area contributed by atoms with Crippen LogP contribution in [-0.4, -0.2) is 26.5 Å². The summed E-state index contributed by atoms with van der Waals surface area (Å²) in [5.41, 5.74) is 6.16. The third-order valence-electron chi connectivity index (χ3n) is 6.51. The smallest absolute Gasteiger partial charge is 0.305 e. The summed E-state index contributed by atoms with van der Waals surface area (Å²) < 4.78 is 1.46. The van der Waals surface area contributed by atoms with Gasteiger partial charge in [0.1, 0.15) is 6.04 Å². The van der Waals surface area contributed by atoms with E-state index in [2.05, 4.69) is 10.3 Å². The Bertz CT molecular complexity index is 1310. The fraction of sp³-hybridized carbons (Fsp3) is 0.379. The number of carboxylic acid groups (broad SMARTS) is 1. The maximum Gasteiger partial charge on any atom is 0.305 e. The molecule has 2 heterocycles. The maximum atomic E-state index is 13.6. The summed E-state index contributed by atoms with van der Waals surface area (Å²) in [5, 5.41) is 12.5. The van der Waals surface area contributed by atoms with Gasteiger partial charge in [0, 0.05) is 30.2 Å². The number of nitrogens with one attached hydrogen (secondary N) is 1. The predicted octanol–water partition coefficient (Wildman–Crippen LogP) is 5.06. The Balaban J connectivity index is 2.00. The number of pyridine rings is 2. The largest absolute Gasteiger partial charge is 0.481 e. The van der Waals surface area contributed by atoms with Gasteiger partial charge in [0.25, 0.3) is 5.56 Å². The Labute approximate surface area is 212 Å². The molecule has 36 heavy (non-hydrogen) atoms. The average molecular weight is 490 g/mol. The van der Waals surface area contributed by atoms with E-state index in [0.717, 1.165) is 33.4 Å². The molecule has 0 fully saturated rings. The number of benzene rings is 1. The van der Waals surface area contributed by atoms with E-state index in [1.165, 1.54) is 10.6 Å². The Morgan fingerprint density at radius 2 is 1.67 bits per heavy atom. The van der Waals surface area contributed by atoms with Crippen LogP contribution in [0, 0.1) is 33.6 Å². The molecule has 0 saturated carbocycles. The van der Waals surface area contributed by atoms with Gasteiger partial charge in [-0.25, -0.2) is 0 Å². The van der Waals surface area contributed by atoms with Crippen molar-refractivity contribution in [3.8, 4) is 11.1 Å². The first-order chi connectivity index (χ1) is 17.0. The van der Waals surface area contributed by atoms with E-state index < -0.39 is 24.0 Å². The second kappa shape index (κ2) is 11.3. The Morgan fingerprint density at radius 3 is 2.28 bits per heavy atom. The first-order valence-corrected chi connectivity index (χ1v) is 12.2. The summed E-state index contributed by atoms with van der Waals surface area (Å²) in [5.74, 6) is -1.29. The molecule has 1 amide bonds. The van der Waals surface area contributed by atoms with Gasteiger partial charge < -0.3 is 15.0 Å². The maximum absolute atomic E-state index is 13.6. The van der Waals surface area contributed by atoms with E-state index in [9.17, 15) is 19.5 Å². The molecule has 2 aromatic heterocycles. The average Bonchev–Trinajstić information content (AvgIpc) is 2.79. The van der Waals surface area contributed by atoms with Gasteiger partial charge in [-0.1, -0.05) is 32.0 Å². The lowest BCUT2D eigenvalue weighted by atomic mass is 9.94. The number of aryl methyl sites for hydroxylation is 4. The van der Waals surface area contributed by atoms with Crippen LogP contribution in [0.25, 0.3) is 11.1 Å². The summed E-state index contributed by atoms with van der Waals surface area (Å²) in [6.45, 7) is 11.8. The fourth-order valence-corrected chi connectivity index (χ4v) is 4.53. The number of aromatic nitrogens is 2. The molecule has 2 N–H and O–H groups in total. The Hall–Kier alpha value is -3.74. The zero-order valence-corrected chi connectivity index (χ0v) is 21.8. The summed E-state index contributed by atoms with van der Waals surface area (Å²) >= 11 is 0. The third kappa shape index (κ3) is 6.27. The van der Waals surface area contributed by atoms with Gasteiger partial charge in [0.2, 0.25) is 5.91 Å². The van der Waals surface area contributed by atoms with Gasteiger partial charge in [-0.2, -0.15) is 0 Å². The van der Waals surface area contributed by atoms with Crippen molar-refractivity contribution in [1.82, 2.24) is 14.9 Å². The monoisotopic (exact) mass is 489 g/mol. The minimum Gasteiger partial charge on any atom is -0.481 e. The van der Waals surface area contributed by atoms with Gasteiger partial charge in [-0.15, -0.1) is 0 Å². The van der Waals surface area contributed by atoms with Crippen molar-refractivity contribution < 1.29 is 14.7 Å². The van der Waals surface area contributed by atoms with Gasteiger partial charge in [0.15, 0.2) is 0 Å². The van der Waals surface area contributed by atoms with Crippen LogP contribution in [0.15, 0.2) is 53.7 Å². The number of carboxylic acids is 1. The number of hydrogen-bond acceptors (Lipinski definition) is 4. The third-order valence-corrected chi connectivity index (χ3v) is 6.51. The zero-order valence-electron chi connectivity index (χ0n) is 21.8. The van der Waals surface area contributed by atoms with E-state index in [1.807, 2.05) is 65.8 Å². The molecule has 3 aromatic rings. The Kier molecular flexibility index (Phi) is 8.45. The molecule has 0 spiro atoms. The molecule has 2 atom stereocenters. The van der Waals surface area contributed by atoms with Crippen LogP contribution in [0.2, 0.25) is 0 Å². The molecule has 190 valence electrons. The van der Waals surface area contributed by atoms with Crippen molar-refractivity contribution in [3.63, 3.8) is 0 Å². The number of rotatable bonds is 9. The highest BCUT2D eigenvalue weighted by Gasteiger charge is 2.27. The van der Waals surface area contributed by atoms with Crippen LogP contribution in [0.5, 0.6) is 0 Å². The number of carbonyl (C=O) groups excluding carboxylic acids is 1. The van der Waals surface area contributed by atoms with Crippen molar-refractivity contribution in [2.24, 2.45) is 5.92 Å². The van der Waals surface area contributed by atoms with Crippen molar-refractivity contribution in [2.75, 3.05) is 0 Å². The van der Waals surface area contributed by atoms with Crippen LogP contribution >= 0.6 is 0 Å². The first kappa shape index (κ1) is 26.9. The minimum absolute atomic E-state index is 0.140. The van der Waals surface area contributed by atoms with Crippen molar-refractivity contribution >= 4 is 11.9 Å². The number of carbonyl (C=O) groups is 2. The van der Waals surface area contributed by atoms with Crippen LogP contribution in [0.4, 0.5) is 0 Å². The molecule has 0 aliphatic rings. The van der Waals surface area contributed by atoms with Gasteiger partial charge in [-0.3, -0.25) is 19.4 Å². The summed E-state index contributed by atoms with van der Waals surface area (Å²) in [6, 6.07) is 7.87. The normalized spacial score (nSPS) is 12.9. The number of aliphatic carboxylic acids is 1. The van der Waals surface area contributed by atoms with Gasteiger partial charge in [-0.05, 0) is 79.5 Å². The van der Waals surface area contributed by atoms with E-state index >= 15 is 0 Å². The van der Waals surface area contributed by atoms with Crippen LogP contribution < -0.4 is 10.9 Å². The van der Waals surface area contributed by atoms with Crippen LogP contribution in [-0.2, 0) is 9.59 Å². The molecule has 7 nitrogen and oxygen atoms in total. The molecular formula is C29H35N3O4. The SMILES string of the molecule is Cc1cc(=O)n(C(CC(C)C)C(=O)NC(CC(=O)O)c2cncc(-c3c(C)cccc3C)c2)cc1C. The van der Waals surface area contributed by atoms with Crippen molar-refractivity contribution in [1.29, 1.82) is 0 Å². The summed E-state index contributed by atoms with van der Waals surface area (Å²) in [7, 11) is 0. The molecule has 0 saturated heterocycles. The molecule has 0 aliphatic heterocycles. The molecular weight excluding hydrogens is 454 g/mol. The number of amides is 1. The predicted molar refractivity (Wildman–Crippen MR) is 141 cm³/mol. The van der Waals surface area contributed by atoms with Crippen molar-refractivity contribution in [2.45, 2.75) is 66.5 Å². The summed E-state index contributed by atoms with van der Waals surface area (Å²) in [4.78, 5) is 42.5. The van der Waals surface area contributed by atoms with Crippen LogP contribution in [0.1, 0.15) is 66.6 Å². The number of nitrogens with zero attached hydrogens (tertiary/aromatic N) is 2. The number of hydrogen-bond donors (Lipinski definition) is 2. The molecule has 2 unspecified atom stereocenters. The zero-order chi connectivity index (χ0) is 26.6. The molecule has 7 heteroatoms. The van der Waals surface area contributed by atoms with E-state index in [-0.39, 0.29) is 17.9 Å². The highest BCUT2D eigenvalue weighted by molar-refractivity contribution is 5.82. The lowest BCUT2D eigenvalue weighted by Gasteiger charge is -2.25.